The number of hydrogen-bond donors (Lipinski definition) is 0. The highest BCUT2D eigenvalue weighted by atomic mass is 35.5. The highest BCUT2D eigenvalue weighted by Crippen LogP contribution is 2.22. The van der Waals surface area contributed by atoms with Crippen molar-refractivity contribution < 1.29 is 22.8 Å². The molecule has 0 radical (unpaired) electrons. The fourth-order valence-corrected chi connectivity index (χ4v) is 2.35. The minimum absolute atomic E-state index is 0.320. The molecule has 8 heteroatoms. The Morgan fingerprint density at radius 1 is 1.38 bits per heavy atom. The number of carbonyl (C=O) groups excluding carboxylic acids is 2. The molecule has 0 aromatic heterocycles. The summed E-state index contributed by atoms with van der Waals surface area (Å²) in [5, 5.41) is 0.459. The predicted octanol–water partition coefficient (Wildman–Crippen LogP) is 2.45. The Balaban J connectivity index is 2.13. The van der Waals surface area contributed by atoms with Gasteiger partial charge >= 0.3 is 6.18 Å². The third-order valence-corrected chi connectivity index (χ3v) is 3.33. The lowest BCUT2D eigenvalue weighted by Gasteiger charge is -2.20. The summed E-state index contributed by atoms with van der Waals surface area (Å²) in [5.74, 6) is -1.20. The Morgan fingerprint density at radius 2 is 2.05 bits per heavy atom. The zero-order valence-corrected chi connectivity index (χ0v) is 11.8. The highest BCUT2D eigenvalue weighted by molar-refractivity contribution is 6.30. The Hall–Kier alpha value is -1.76. The minimum atomic E-state index is -4.48. The van der Waals surface area contributed by atoms with Crippen molar-refractivity contribution in [2.45, 2.75) is 13.1 Å². The molecule has 0 bridgehead atoms. The van der Waals surface area contributed by atoms with Gasteiger partial charge in [0, 0.05) is 10.6 Å². The standard InChI is InChI=1S/C13H12ClF3N2O2/c1-8-4-9(14)2-3-10(8)12(21)18-5-11(20)19(7-18)6-13(15,16)17/h2-4H,5-7H2,1H3. The molecule has 1 heterocycles. The van der Waals surface area contributed by atoms with Crippen LogP contribution in [0.2, 0.25) is 5.02 Å². The van der Waals surface area contributed by atoms with Crippen molar-refractivity contribution in [3.63, 3.8) is 0 Å². The first-order valence-electron chi connectivity index (χ1n) is 6.07. The molecule has 1 aliphatic rings. The number of carbonyl (C=O) groups is 2. The third-order valence-electron chi connectivity index (χ3n) is 3.10. The molecule has 1 aromatic carbocycles. The fourth-order valence-electron chi connectivity index (χ4n) is 2.13. The lowest BCUT2D eigenvalue weighted by atomic mass is 10.1. The van der Waals surface area contributed by atoms with E-state index in [-0.39, 0.29) is 13.2 Å². The number of benzene rings is 1. The van der Waals surface area contributed by atoms with Crippen LogP contribution in [-0.2, 0) is 4.79 Å². The first-order chi connectivity index (χ1) is 9.67. The summed E-state index contributed by atoms with van der Waals surface area (Å²) in [6.07, 6.45) is -4.48. The minimum Gasteiger partial charge on any atom is -0.314 e. The second-order valence-electron chi connectivity index (χ2n) is 4.81. The van der Waals surface area contributed by atoms with Crippen molar-refractivity contribution in [1.29, 1.82) is 0 Å². The molecule has 1 aliphatic heterocycles. The van der Waals surface area contributed by atoms with Crippen molar-refractivity contribution >= 4 is 23.4 Å². The summed E-state index contributed by atoms with van der Waals surface area (Å²) in [4.78, 5) is 25.5. The Morgan fingerprint density at radius 3 is 2.62 bits per heavy atom. The topological polar surface area (TPSA) is 40.6 Å². The Bertz CT molecular complexity index is 589. The molecule has 0 saturated carbocycles. The fraction of sp³-hybridized carbons (Fsp3) is 0.385. The van der Waals surface area contributed by atoms with Crippen LogP contribution in [0.3, 0.4) is 0 Å². The van der Waals surface area contributed by atoms with Gasteiger partial charge in [-0.2, -0.15) is 13.2 Å². The lowest BCUT2D eigenvalue weighted by Crippen LogP contribution is -2.37. The van der Waals surface area contributed by atoms with E-state index in [0.717, 1.165) is 4.90 Å². The average Bonchev–Trinajstić information content (AvgIpc) is 2.68. The van der Waals surface area contributed by atoms with E-state index < -0.39 is 24.5 Å². The van der Waals surface area contributed by atoms with E-state index in [1.54, 1.807) is 13.0 Å². The smallest absolute Gasteiger partial charge is 0.314 e. The summed E-state index contributed by atoms with van der Waals surface area (Å²) >= 11 is 5.79. The Labute approximate surface area is 124 Å². The van der Waals surface area contributed by atoms with Crippen LogP contribution in [0.15, 0.2) is 18.2 Å². The molecule has 1 aromatic rings. The van der Waals surface area contributed by atoms with E-state index in [4.69, 9.17) is 11.6 Å². The van der Waals surface area contributed by atoms with Crippen molar-refractivity contribution in [2.75, 3.05) is 19.8 Å². The number of hydrogen-bond acceptors (Lipinski definition) is 2. The first kappa shape index (κ1) is 15.6. The number of rotatable bonds is 2. The van der Waals surface area contributed by atoms with Crippen molar-refractivity contribution in [3.8, 4) is 0 Å². The summed E-state index contributed by atoms with van der Waals surface area (Å²) in [6.45, 7) is -0.393. The zero-order chi connectivity index (χ0) is 15.8. The van der Waals surface area contributed by atoms with Crippen molar-refractivity contribution in [1.82, 2.24) is 9.80 Å². The van der Waals surface area contributed by atoms with Crippen LogP contribution in [0.1, 0.15) is 15.9 Å². The maximum absolute atomic E-state index is 12.3. The summed E-state index contributed by atoms with van der Waals surface area (Å²) < 4.78 is 37.0. The summed E-state index contributed by atoms with van der Waals surface area (Å²) in [5.41, 5.74) is 0.926. The molecule has 0 unspecified atom stereocenters. The van der Waals surface area contributed by atoms with E-state index >= 15 is 0 Å². The number of aryl methyl sites for hydroxylation is 1. The van der Waals surface area contributed by atoms with E-state index in [2.05, 4.69) is 0 Å². The summed E-state index contributed by atoms with van der Waals surface area (Å²) in [6, 6.07) is 4.60. The van der Waals surface area contributed by atoms with E-state index in [9.17, 15) is 22.8 Å². The van der Waals surface area contributed by atoms with Gasteiger partial charge in [0.15, 0.2) is 0 Å². The largest absolute Gasteiger partial charge is 0.406 e. The van der Waals surface area contributed by atoms with E-state index in [1.165, 1.54) is 12.1 Å². The second-order valence-corrected chi connectivity index (χ2v) is 5.25. The number of nitrogens with zero attached hydrogens (tertiary/aromatic N) is 2. The van der Waals surface area contributed by atoms with Gasteiger partial charge in [-0.05, 0) is 30.7 Å². The van der Waals surface area contributed by atoms with Gasteiger partial charge in [0.1, 0.15) is 13.1 Å². The highest BCUT2D eigenvalue weighted by Gasteiger charge is 2.39. The van der Waals surface area contributed by atoms with Crippen LogP contribution in [0.25, 0.3) is 0 Å². The molecular weight excluding hydrogens is 309 g/mol. The van der Waals surface area contributed by atoms with Gasteiger partial charge in [0.25, 0.3) is 5.91 Å². The molecule has 2 amide bonds. The van der Waals surface area contributed by atoms with Crippen LogP contribution in [0.5, 0.6) is 0 Å². The third kappa shape index (κ3) is 3.66. The summed E-state index contributed by atoms with van der Waals surface area (Å²) in [7, 11) is 0. The van der Waals surface area contributed by atoms with Crippen molar-refractivity contribution in [3.05, 3.63) is 34.3 Å². The van der Waals surface area contributed by atoms with Gasteiger partial charge in [-0.15, -0.1) is 0 Å². The molecule has 0 spiro atoms. The van der Waals surface area contributed by atoms with Crippen molar-refractivity contribution in [2.24, 2.45) is 0 Å². The molecular formula is C13H12ClF3N2O2. The average molecular weight is 321 g/mol. The maximum Gasteiger partial charge on any atom is 0.406 e. The molecule has 1 saturated heterocycles. The van der Waals surface area contributed by atoms with Gasteiger partial charge in [0.2, 0.25) is 5.91 Å². The maximum atomic E-state index is 12.3. The van der Waals surface area contributed by atoms with Crippen LogP contribution < -0.4 is 0 Å². The SMILES string of the molecule is Cc1cc(Cl)ccc1C(=O)N1CC(=O)N(CC(F)(F)F)C1. The zero-order valence-electron chi connectivity index (χ0n) is 11.1. The number of amides is 2. The lowest BCUT2D eigenvalue weighted by molar-refractivity contribution is -0.157. The second kappa shape index (κ2) is 5.55. The molecule has 0 N–H and O–H groups in total. The molecule has 114 valence electrons. The van der Waals surface area contributed by atoms with Crippen LogP contribution in [0.4, 0.5) is 13.2 Å². The Kier molecular flexibility index (Phi) is 4.13. The number of halogens is 4. The molecule has 0 atom stereocenters. The van der Waals surface area contributed by atoms with Crippen LogP contribution >= 0.6 is 11.6 Å². The quantitative estimate of drug-likeness (QED) is 0.840. The normalized spacial score (nSPS) is 15.8. The van der Waals surface area contributed by atoms with Crippen LogP contribution in [0, 0.1) is 6.92 Å². The van der Waals surface area contributed by atoms with E-state index in [0.29, 0.717) is 21.0 Å². The van der Waals surface area contributed by atoms with Gasteiger partial charge in [-0.1, -0.05) is 11.6 Å². The predicted molar refractivity (Wildman–Crippen MR) is 69.9 cm³/mol. The van der Waals surface area contributed by atoms with Gasteiger partial charge in [0.05, 0.1) is 6.67 Å². The molecule has 4 nitrogen and oxygen atoms in total. The number of alkyl halides is 3. The molecule has 1 fully saturated rings. The molecule has 21 heavy (non-hydrogen) atoms. The van der Waals surface area contributed by atoms with Gasteiger partial charge < -0.3 is 9.80 Å². The monoisotopic (exact) mass is 320 g/mol. The molecule has 2 rings (SSSR count). The van der Waals surface area contributed by atoms with Gasteiger partial charge in [-0.3, -0.25) is 9.59 Å². The van der Waals surface area contributed by atoms with E-state index in [1.807, 2.05) is 0 Å². The first-order valence-corrected chi connectivity index (χ1v) is 6.45. The van der Waals surface area contributed by atoms with Gasteiger partial charge in [-0.25, -0.2) is 0 Å². The van der Waals surface area contributed by atoms with Crippen LogP contribution in [-0.4, -0.2) is 47.5 Å². The molecule has 0 aliphatic carbocycles.